The monoisotopic (exact) mass is 192 g/mol. The summed E-state index contributed by atoms with van der Waals surface area (Å²) in [6.07, 6.45) is 0. The van der Waals surface area contributed by atoms with Gasteiger partial charge in [0.2, 0.25) is 0 Å². The van der Waals surface area contributed by atoms with Crippen LogP contribution in [0.3, 0.4) is 0 Å². The molecule has 78 valence electrons. The Balaban J connectivity index is 0. The Morgan fingerprint density at radius 1 is 1.00 bits per heavy atom. The van der Waals surface area contributed by atoms with Crippen molar-refractivity contribution in [2.24, 2.45) is 0 Å². The number of benzene rings is 1. The Kier molecular flexibility index (Phi) is 12.3. The highest BCUT2D eigenvalue weighted by atomic mass is 14.8. The van der Waals surface area contributed by atoms with E-state index in [1.54, 1.807) is 12.1 Å². The second-order valence-corrected chi connectivity index (χ2v) is 1.94. The van der Waals surface area contributed by atoms with E-state index in [0.29, 0.717) is 5.56 Å². The predicted octanol–water partition coefficient (Wildman–Crippen LogP) is 3.65. The molecule has 0 radical (unpaired) electrons. The van der Waals surface area contributed by atoms with Gasteiger partial charge in [-0.05, 0) is 24.3 Å². The molecule has 0 heterocycles. The molecule has 1 N–H and O–H groups in total. The van der Waals surface area contributed by atoms with Gasteiger partial charge in [0.1, 0.15) is 0 Å². The number of nitriles is 1. The van der Waals surface area contributed by atoms with Crippen molar-refractivity contribution in [3.05, 3.63) is 29.8 Å². The molecule has 0 spiro atoms. The van der Waals surface area contributed by atoms with Crippen LogP contribution in [0.5, 0.6) is 0 Å². The number of nitrogens with zero attached hydrogens (tertiary/aromatic N) is 1. The first-order valence-corrected chi connectivity index (χ1v) is 5.04. The third-order valence-corrected chi connectivity index (χ3v) is 1.30. The van der Waals surface area contributed by atoms with E-state index in [4.69, 9.17) is 5.26 Å². The van der Waals surface area contributed by atoms with E-state index in [9.17, 15) is 0 Å². The molecule has 1 aromatic carbocycles. The van der Waals surface area contributed by atoms with Crippen LogP contribution in [-0.4, -0.2) is 7.05 Å². The molecule has 2 heteroatoms. The van der Waals surface area contributed by atoms with Crippen LogP contribution >= 0.6 is 0 Å². The lowest BCUT2D eigenvalue weighted by atomic mass is 10.2. The summed E-state index contributed by atoms with van der Waals surface area (Å²) in [5, 5.41) is 11.4. The van der Waals surface area contributed by atoms with Crippen LogP contribution in [0.2, 0.25) is 0 Å². The molecule has 2 nitrogen and oxygen atoms in total. The van der Waals surface area contributed by atoms with Crippen molar-refractivity contribution in [2.45, 2.75) is 27.7 Å². The summed E-state index contributed by atoms with van der Waals surface area (Å²) in [6, 6.07) is 9.36. The predicted molar refractivity (Wildman–Crippen MR) is 63.4 cm³/mol. The fourth-order valence-corrected chi connectivity index (χ4v) is 0.711. The topological polar surface area (TPSA) is 35.8 Å². The van der Waals surface area contributed by atoms with Crippen molar-refractivity contribution in [1.29, 1.82) is 5.26 Å². The molecule has 0 saturated carbocycles. The zero-order valence-electron chi connectivity index (χ0n) is 9.76. The number of anilines is 1. The highest BCUT2D eigenvalue weighted by molar-refractivity contribution is 5.46. The molecular weight excluding hydrogens is 172 g/mol. The van der Waals surface area contributed by atoms with E-state index < -0.39 is 0 Å². The first kappa shape index (κ1) is 15.0. The minimum Gasteiger partial charge on any atom is -0.388 e. The average Bonchev–Trinajstić information content (AvgIpc) is 2.34. The lowest BCUT2D eigenvalue weighted by molar-refractivity contribution is 1.46. The minimum absolute atomic E-state index is 0.694. The van der Waals surface area contributed by atoms with E-state index >= 15 is 0 Å². The first-order chi connectivity index (χ1) is 6.86. The van der Waals surface area contributed by atoms with E-state index in [2.05, 4.69) is 11.4 Å². The van der Waals surface area contributed by atoms with Gasteiger partial charge in [-0.3, -0.25) is 0 Å². The maximum absolute atomic E-state index is 8.43. The minimum atomic E-state index is 0.694. The van der Waals surface area contributed by atoms with E-state index in [0.717, 1.165) is 5.69 Å². The van der Waals surface area contributed by atoms with Crippen LogP contribution in [0.1, 0.15) is 33.3 Å². The Morgan fingerprint density at radius 2 is 1.43 bits per heavy atom. The smallest absolute Gasteiger partial charge is 0.0991 e. The molecule has 0 saturated heterocycles. The molecule has 1 rings (SSSR count). The van der Waals surface area contributed by atoms with Gasteiger partial charge in [-0.25, -0.2) is 0 Å². The third kappa shape index (κ3) is 6.07. The number of hydrogen-bond donors (Lipinski definition) is 1. The summed E-state index contributed by atoms with van der Waals surface area (Å²) in [4.78, 5) is 0. The molecule has 0 aliphatic heterocycles. The van der Waals surface area contributed by atoms with Crippen LogP contribution < -0.4 is 5.32 Å². The van der Waals surface area contributed by atoms with Crippen molar-refractivity contribution in [2.75, 3.05) is 12.4 Å². The third-order valence-electron chi connectivity index (χ3n) is 1.30. The van der Waals surface area contributed by atoms with Gasteiger partial charge in [-0.15, -0.1) is 0 Å². The highest BCUT2D eigenvalue weighted by Crippen LogP contribution is 2.06. The molecular formula is C12H20N2. The van der Waals surface area contributed by atoms with Gasteiger partial charge in [0.15, 0.2) is 0 Å². The van der Waals surface area contributed by atoms with Crippen molar-refractivity contribution in [3.8, 4) is 6.07 Å². The molecule has 0 atom stereocenters. The molecule has 0 aliphatic carbocycles. The van der Waals surface area contributed by atoms with Gasteiger partial charge < -0.3 is 5.32 Å². The summed E-state index contributed by atoms with van der Waals surface area (Å²) in [7, 11) is 1.85. The van der Waals surface area contributed by atoms with Crippen molar-refractivity contribution in [1.82, 2.24) is 0 Å². The van der Waals surface area contributed by atoms with Gasteiger partial charge in [0, 0.05) is 12.7 Å². The maximum atomic E-state index is 8.43. The van der Waals surface area contributed by atoms with Gasteiger partial charge in [-0.2, -0.15) is 5.26 Å². The molecule has 0 bridgehead atoms. The van der Waals surface area contributed by atoms with Crippen LogP contribution in [-0.2, 0) is 0 Å². The standard InChI is InChI=1S/C8H8N2.2C2H6/c1-10-8-4-2-7(6-9)3-5-8;2*1-2/h2-5,10H,1H3;2*1-2H3. The van der Waals surface area contributed by atoms with Crippen LogP contribution in [0.25, 0.3) is 0 Å². The Bertz CT molecular complexity index is 244. The van der Waals surface area contributed by atoms with Gasteiger partial charge in [0.05, 0.1) is 11.6 Å². The first-order valence-electron chi connectivity index (χ1n) is 5.04. The summed E-state index contributed by atoms with van der Waals surface area (Å²) in [6.45, 7) is 8.00. The molecule has 0 aromatic heterocycles. The van der Waals surface area contributed by atoms with Gasteiger partial charge >= 0.3 is 0 Å². The van der Waals surface area contributed by atoms with E-state index in [1.807, 2.05) is 46.9 Å². The van der Waals surface area contributed by atoms with Crippen LogP contribution in [0.15, 0.2) is 24.3 Å². The summed E-state index contributed by atoms with van der Waals surface area (Å²) in [5.41, 5.74) is 1.72. The number of nitrogens with one attached hydrogen (secondary N) is 1. The fraction of sp³-hybridized carbons (Fsp3) is 0.417. The number of rotatable bonds is 1. The van der Waals surface area contributed by atoms with E-state index in [1.165, 1.54) is 0 Å². The molecule has 0 aliphatic rings. The summed E-state index contributed by atoms with van der Waals surface area (Å²) < 4.78 is 0. The SMILES string of the molecule is CC.CC.CNc1ccc(C#N)cc1. The second kappa shape index (κ2) is 11.5. The van der Waals surface area contributed by atoms with Crippen LogP contribution in [0.4, 0.5) is 5.69 Å². The largest absolute Gasteiger partial charge is 0.388 e. The Hall–Kier alpha value is -1.49. The molecule has 14 heavy (non-hydrogen) atoms. The Labute approximate surface area is 87.6 Å². The molecule has 0 fully saturated rings. The zero-order valence-corrected chi connectivity index (χ0v) is 9.76. The number of hydrogen-bond acceptors (Lipinski definition) is 2. The average molecular weight is 192 g/mol. The second-order valence-electron chi connectivity index (χ2n) is 1.94. The van der Waals surface area contributed by atoms with Crippen molar-refractivity contribution < 1.29 is 0 Å². The molecule has 0 amide bonds. The quantitative estimate of drug-likeness (QED) is 0.737. The Morgan fingerprint density at radius 3 is 1.71 bits per heavy atom. The fourth-order valence-electron chi connectivity index (χ4n) is 0.711. The van der Waals surface area contributed by atoms with Crippen LogP contribution in [0, 0.1) is 11.3 Å². The van der Waals surface area contributed by atoms with Crippen molar-refractivity contribution in [3.63, 3.8) is 0 Å². The van der Waals surface area contributed by atoms with E-state index in [-0.39, 0.29) is 0 Å². The normalized spacial score (nSPS) is 6.86. The maximum Gasteiger partial charge on any atom is 0.0991 e. The summed E-state index contributed by atoms with van der Waals surface area (Å²) in [5.74, 6) is 0. The molecule has 1 aromatic rings. The van der Waals surface area contributed by atoms with Gasteiger partial charge in [0.25, 0.3) is 0 Å². The van der Waals surface area contributed by atoms with Gasteiger partial charge in [-0.1, -0.05) is 27.7 Å². The zero-order chi connectivity index (χ0) is 11.4. The highest BCUT2D eigenvalue weighted by Gasteiger charge is 1.87. The summed E-state index contributed by atoms with van der Waals surface area (Å²) >= 11 is 0. The lowest BCUT2D eigenvalue weighted by Gasteiger charge is -1.96. The molecule has 0 unspecified atom stereocenters. The van der Waals surface area contributed by atoms with Crippen molar-refractivity contribution >= 4 is 5.69 Å². The lowest BCUT2D eigenvalue weighted by Crippen LogP contribution is -1.86.